The van der Waals surface area contributed by atoms with E-state index in [4.69, 9.17) is 4.74 Å². The summed E-state index contributed by atoms with van der Waals surface area (Å²) in [6, 6.07) is 0. The Kier molecular flexibility index (Phi) is 4.64. The molecule has 0 amide bonds. The number of hydrogen-bond acceptors (Lipinski definition) is 3. The first kappa shape index (κ1) is 14.3. The molecule has 0 spiro atoms. The van der Waals surface area contributed by atoms with Gasteiger partial charge in [0.05, 0.1) is 0 Å². The van der Waals surface area contributed by atoms with Crippen LogP contribution in [0.1, 0.15) is 20.8 Å². The van der Waals surface area contributed by atoms with Crippen LogP contribution in [0.25, 0.3) is 0 Å². The molecule has 0 aromatic rings. The van der Waals surface area contributed by atoms with Crippen LogP contribution in [-0.2, 0) is 9.53 Å². The Morgan fingerprint density at radius 2 is 2.07 bits per heavy atom. The molecule has 0 radical (unpaired) electrons. The molecule has 0 unspecified atom stereocenters. The molecule has 0 bridgehead atoms. The van der Waals surface area contributed by atoms with Gasteiger partial charge in [-0.1, -0.05) is 47.8 Å². The number of thioether (sulfide) groups is 1. The van der Waals surface area contributed by atoms with Gasteiger partial charge in [0.25, 0.3) is 0 Å². The Labute approximate surface area is 120 Å². The summed E-state index contributed by atoms with van der Waals surface area (Å²) < 4.78 is 4.89. The van der Waals surface area contributed by atoms with E-state index < -0.39 is 0 Å². The normalized spacial score (nSPS) is 30.3. The second kappa shape index (κ2) is 4.86. The maximum absolute atomic E-state index is 11.0. The molecule has 2 atom stereocenters. The van der Waals surface area contributed by atoms with Gasteiger partial charge in [-0.2, -0.15) is 0 Å². The van der Waals surface area contributed by atoms with E-state index in [0.717, 1.165) is 5.75 Å². The molecule has 0 aromatic carbocycles. The zero-order valence-corrected chi connectivity index (χ0v) is 14.3. The van der Waals surface area contributed by atoms with E-state index in [1.807, 2.05) is 0 Å². The Morgan fingerprint density at radius 1 is 1.53 bits per heavy atom. The van der Waals surface area contributed by atoms with Gasteiger partial charge in [0.2, 0.25) is 0 Å². The maximum Gasteiger partial charge on any atom is 0.303 e. The fourth-order valence-corrected chi connectivity index (χ4v) is 7.35. The number of alkyl halides is 3. The highest BCUT2D eigenvalue weighted by molar-refractivity contribution is 9.25. The highest BCUT2D eigenvalue weighted by Gasteiger charge is 2.54. The van der Waals surface area contributed by atoms with Gasteiger partial charge >= 0.3 is 5.97 Å². The Morgan fingerprint density at radius 3 is 2.40 bits per heavy atom. The summed E-state index contributed by atoms with van der Waals surface area (Å²) in [6.45, 7) is 5.67. The molecule has 1 fully saturated rings. The summed E-state index contributed by atoms with van der Waals surface area (Å²) in [5.74, 6) is 1.02. The van der Waals surface area contributed by atoms with Crippen LogP contribution in [0.5, 0.6) is 0 Å². The van der Waals surface area contributed by atoms with Gasteiger partial charge < -0.3 is 4.74 Å². The van der Waals surface area contributed by atoms with Crippen LogP contribution in [0.4, 0.5) is 0 Å². The molecule has 0 N–H and O–H groups in total. The van der Waals surface area contributed by atoms with Crippen molar-refractivity contribution >= 4 is 65.5 Å². The zero-order chi connectivity index (χ0) is 11.9. The van der Waals surface area contributed by atoms with Crippen molar-refractivity contribution in [2.45, 2.75) is 33.8 Å². The molecule has 0 aliphatic carbocycles. The van der Waals surface area contributed by atoms with Crippen LogP contribution in [0.3, 0.4) is 0 Å². The minimum atomic E-state index is -0.358. The van der Waals surface area contributed by atoms with Crippen molar-refractivity contribution in [3.05, 3.63) is 0 Å². The third-order valence-electron chi connectivity index (χ3n) is 2.29. The van der Waals surface area contributed by atoms with Gasteiger partial charge in [-0.15, -0.1) is 11.8 Å². The lowest BCUT2D eigenvalue weighted by Gasteiger charge is -2.34. The summed E-state index contributed by atoms with van der Waals surface area (Å²) >= 11 is 12.6. The summed E-state index contributed by atoms with van der Waals surface area (Å²) in [6.07, 6.45) is 0. The molecule has 15 heavy (non-hydrogen) atoms. The van der Waals surface area contributed by atoms with E-state index in [-0.39, 0.29) is 19.0 Å². The largest absolute Gasteiger partial charge is 0.449 e. The molecule has 2 nitrogen and oxygen atoms in total. The van der Waals surface area contributed by atoms with E-state index in [2.05, 4.69) is 61.6 Å². The summed E-state index contributed by atoms with van der Waals surface area (Å²) in [5.41, 5.74) is -0.183. The third-order valence-corrected chi connectivity index (χ3v) is 6.69. The number of carbonyl (C=O) groups excluding carboxylic acids is 1. The lowest BCUT2D eigenvalue weighted by Crippen LogP contribution is -2.41. The van der Waals surface area contributed by atoms with Crippen molar-refractivity contribution in [3.63, 3.8) is 0 Å². The lowest BCUT2D eigenvalue weighted by atomic mass is 9.94. The maximum atomic E-state index is 11.0. The van der Waals surface area contributed by atoms with Gasteiger partial charge in [-0.05, 0) is 13.8 Å². The minimum absolute atomic E-state index is 0.0120. The molecule has 0 aromatic heterocycles. The fourth-order valence-electron chi connectivity index (χ4n) is 1.49. The molecule has 0 saturated carbocycles. The van der Waals surface area contributed by atoms with E-state index in [0.29, 0.717) is 5.92 Å². The van der Waals surface area contributed by atoms with Crippen LogP contribution in [0.2, 0.25) is 0 Å². The van der Waals surface area contributed by atoms with Crippen molar-refractivity contribution < 1.29 is 9.53 Å². The van der Waals surface area contributed by atoms with Crippen LogP contribution >= 0.6 is 59.6 Å². The van der Waals surface area contributed by atoms with Crippen LogP contribution in [0.15, 0.2) is 0 Å². The lowest BCUT2D eigenvalue weighted by molar-refractivity contribution is -0.142. The van der Waals surface area contributed by atoms with Crippen molar-refractivity contribution in [2.24, 2.45) is 5.92 Å². The number of rotatable bonds is 2. The molecule has 1 aliphatic heterocycles. The first-order valence-corrected chi connectivity index (χ1v) is 7.94. The fraction of sp³-hybridized carbons (Fsp3) is 0.889. The Bertz CT molecular complexity index is 263. The van der Waals surface area contributed by atoms with E-state index in [1.54, 1.807) is 11.8 Å². The molecule has 1 rings (SSSR count). The highest BCUT2D eigenvalue weighted by Crippen LogP contribution is 2.56. The zero-order valence-electron chi connectivity index (χ0n) is 8.72. The van der Waals surface area contributed by atoms with Crippen LogP contribution in [0, 0.1) is 5.92 Å². The average molecular weight is 425 g/mol. The Hall–Kier alpha value is 1.26. The molecular formula is C9H13Br3O2S. The minimum Gasteiger partial charge on any atom is -0.449 e. The van der Waals surface area contributed by atoms with Crippen molar-refractivity contribution in [1.29, 1.82) is 0 Å². The topological polar surface area (TPSA) is 26.3 Å². The van der Waals surface area contributed by atoms with E-state index >= 15 is 0 Å². The third kappa shape index (κ3) is 3.36. The second-order valence-electron chi connectivity index (χ2n) is 4.07. The number of hydrogen-bond donors (Lipinski definition) is 0. The van der Waals surface area contributed by atoms with Crippen molar-refractivity contribution in [3.8, 4) is 0 Å². The average Bonchev–Trinajstić information content (AvgIpc) is 2.24. The molecular weight excluding hydrogens is 412 g/mol. The van der Waals surface area contributed by atoms with Gasteiger partial charge in [0, 0.05) is 22.9 Å². The SMILES string of the molecule is CC(=O)O[C@@H]1SC[C@H](C(C)(C)Br)C1(Br)Br. The summed E-state index contributed by atoms with van der Waals surface area (Å²) in [7, 11) is 0. The monoisotopic (exact) mass is 422 g/mol. The molecule has 6 heteroatoms. The van der Waals surface area contributed by atoms with Gasteiger partial charge in [-0.3, -0.25) is 4.79 Å². The first-order chi connectivity index (χ1) is 6.65. The van der Waals surface area contributed by atoms with Crippen LogP contribution in [-0.4, -0.2) is 24.7 Å². The number of carbonyl (C=O) groups is 1. The number of ether oxygens (including phenoxy) is 1. The molecule has 88 valence electrons. The van der Waals surface area contributed by atoms with E-state index in [1.165, 1.54) is 6.92 Å². The summed E-state index contributed by atoms with van der Waals surface area (Å²) in [5, 5.41) is 0. The number of halogens is 3. The number of esters is 1. The van der Waals surface area contributed by atoms with Crippen LogP contribution < -0.4 is 0 Å². The molecule has 1 heterocycles. The van der Waals surface area contributed by atoms with Crippen molar-refractivity contribution in [2.75, 3.05) is 5.75 Å². The predicted octanol–water partition coefficient (Wildman–Crippen LogP) is 3.90. The standard InChI is InChI=1S/C9H13Br3O2S/c1-5(13)14-7-9(11,12)6(4-15-7)8(2,3)10/h6-7H,4H2,1-3H3/t6-,7-/m1/s1. The predicted molar refractivity (Wildman–Crippen MR) is 75.1 cm³/mol. The van der Waals surface area contributed by atoms with E-state index in [9.17, 15) is 4.79 Å². The van der Waals surface area contributed by atoms with Crippen molar-refractivity contribution in [1.82, 2.24) is 0 Å². The van der Waals surface area contributed by atoms with Gasteiger partial charge in [0.15, 0.2) is 5.44 Å². The molecule has 1 saturated heterocycles. The molecule has 1 aliphatic rings. The Balaban J connectivity index is 2.80. The summed E-state index contributed by atoms with van der Waals surface area (Å²) in [4.78, 5) is 11.0. The smallest absolute Gasteiger partial charge is 0.303 e. The first-order valence-electron chi connectivity index (χ1n) is 4.51. The van der Waals surface area contributed by atoms with Gasteiger partial charge in [0.1, 0.15) is 3.23 Å². The highest BCUT2D eigenvalue weighted by atomic mass is 79.9. The second-order valence-corrected chi connectivity index (χ2v) is 10.9. The van der Waals surface area contributed by atoms with Gasteiger partial charge in [-0.25, -0.2) is 0 Å². The quantitative estimate of drug-likeness (QED) is 0.496.